The van der Waals surface area contributed by atoms with Gasteiger partial charge in [-0.2, -0.15) is 26.3 Å². The van der Waals surface area contributed by atoms with Crippen LogP contribution in [-0.2, 0) is 24.0 Å². The van der Waals surface area contributed by atoms with Gasteiger partial charge >= 0.3 is 18.0 Å². The van der Waals surface area contributed by atoms with E-state index in [9.17, 15) is 41.0 Å². The van der Waals surface area contributed by atoms with Crippen molar-refractivity contribution >= 4 is 17.5 Å². The molecule has 3 heterocycles. The van der Waals surface area contributed by atoms with Crippen LogP contribution in [0.15, 0.2) is 53.6 Å². The molecule has 0 aliphatic carbocycles. The van der Waals surface area contributed by atoms with Crippen LogP contribution in [0.3, 0.4) is 0 Å². The number of benzene rings is 2. The fraction of sp³-hybridized carbons (Fsp3) is 0.393. The van der Waals surface area contributed by atoms with Gasteiger partial charge < -0.3 is 14.7 Å². The average molecular weight is 674 g/mol. The van der Waals surface area contributed by atoms with Crippen LogP contribution < -0.4 is 5.69 Å². The molecule has 1 aliphatic heterocycles. The minimum Gasteiger partial charge on any atom is -0.383 e. The standard InChI is InChI=1S/C28H26ClF6N7O4/c1-46-14-18-4-3-11-39(18)25(44)19-5-2-6-20(27(30,31)32)23(19)42-15-36-22(37-42)13-41-26(45)40(12-21(43)28(33,34)35)24(38-41)16-7-9-17(29)10-8-16/h2,5-10,15,18,21,43H,3-4,11-14H2,1H3/t18-,21?/m0/s1. The van der Waals surface area contributed by atoms with Gasteiger partial charge in [0.2, 0.25) is 0 Å². The molecule has 1 saturated heterocycles. The monoisotopic (exact) mass is 673 g/mol. The number of hydrogen-bond donors (Lipinski definition) is 1. The zero-order valence-corrected chi connectivity index (χ0v) is 24.7. The van der Waals surface area contributed by atoms with Crippen LogP contribution in [-0.4, -0.2) is 83.6 Å². The Bertz CT molecular complexity index is 1770. The molecule has 2 aromatic heterocycles. The smallest absolute Gasteiger partial charge is 0.383 e. The summed E-state index contributed by atoms with van der Waals surface area (Å²) in [6, 6.07) is 8.46. The summed E-state index contributed by atoms with van der Waals surface area (Å²) in [5.74, 6) is -1.14. The average Bonchev–Trinajstić information content (AvgIpc) is 3.73. The van der Waals surface area contributed by atoms with E-state index in [4.69, 9.17) is 16.3 Å². The quantitative estimate of drug-likeness (QED) is 0.265. The Morgan fingerprint density at radius 1 is 1.11 bits per heavy atom. The molecule has 0 radical (unpaired) electrons. The van der Waals surface area contributed by atoms with Crippen molar-refractivity contribution in [3.05, 3.63) is 81.3 Å². The van der Waals surface area contributed by atoms with Crippen molar-refractivity contribution in [3.8, 4) is 17.1 Å². The fourth-order valence-corrected chi connectivity index (χ4v) is 5.35. The highest BCUT2D eigenvalue weighted by molar-refractivity contribution is 6.30. The number of hydrogen-bond acceptors (Lipinski definition) is 7. The molecule has 246 valence electrons. The molecule has 2 atom stereocenters. The Balaban J connectivity index is 1.54. The number of amides is 1. The lowest BCUT2D eigenvalue weighted by Crippen LogP contribution is -2.38. The van der Waals surface area contributed by atoms with Crippen LogP contribution in [0.5, 0.6) is 0 Å². The van der Waals surface area contributed by atoms with E-state index in [0.717, 1.165) is 23.1 Å². The molecule has 2 aromatic carbocycles. The predicted octanol–water partition coefficient (Wildman–Crippen LogP) is 4.19. The van der Waals surface area contributed by atoms with E-state index >= 15 is 0 Å². The Morgan fingerprint density at radius 3 is 2.48 bits per heavy atom. The number of aliphatic hydroxyl groups is 1. The molecule has 11 nitrogen and oxygen atoms in total. The molecule has 0 bridgehead atoms. The highest BCUT2D eigenvalue weighted by Gasteiger charge is 2.40. The number of aromatic nitrogens is 6. The van der Waals surface area contributed by atoms with Gasteiger partial charge in [0.05, 0.1) is 36.0 Å². The number of rotatable bonds is 9. The van der Waals surface area contributed by atoms with E-state index < -0.39 is 54.4 Å². The third-order valence-electron chi connectivity index (χ3n) is 7.39. The number of ether oxygens (including phenoxy) is 1. The van der Waals surface area contributed by atoms with E-state index in [2.05, 4.69) is 15.2 Å². The van der Waals surface area contributed by atoms with Gasteiger partial charge in [-0.25, -0.2) is 19.1 Å². The number of aliphatic hydroxyl groups excluding tert-OH is 1. The third-order valence-corrected chi connectivity index (χ3v) is 7.64. The minimum atomic E-state index is -5.04. The molecule has 18 heteroatoms. The van der Waals surface area contributed by atoms with Crippen molar-refractivity contribution in [2.24, 2.45) is 0 Å². The van der Waals surface area contributed by atoms with Crippen molar-refractivity contribution < 1.29 is 41.0 Å². The van der Waals surface area contributed by atoms with E-state index in [1.807, 2.05) is 0 Å². The van der Waals surface area contributed by atoms with Gasteiger partial charge in [0.1, 0.15) is 12.9 Å². The molecule has 4 aromatic rings. The second-order valence-electron chi connectivity index (χ2n) is 10.5. The van der Waals surface area contributed by atoms with Gasteiger partial charge in [-0.1, -0.05) is 17.7 Å². The summed E-state index contributed by atoms with van der Waals surface area (Å²) < 4.78 is 89.5. The molecule has 0 spiro atoms. The molecule has 5 rings (SSSR count). The van der Waals surface area contributed by atoms with E-state index in [-0.39, 0.29) is 35.4 Å². The number of methoxy groups -OCH3 is 1. The van der Waals surface area contributed by atoms with Crippen molar-refractivity contribution in [2.75, 3.05) is 20.3 Å². The first-order chi connectivity index (χ1) is 21.7. The number of carbonyl (C=O) groups excluding carboxylic acids is 1. The zero-order valence-electron chi connectivity index (χ0n) is 24.0. The summed E-state index contributed by atoms with van der Waals surface area (Å²) in [6.45, 7) is -1.24. The summed E-state index contributed by atoms with van der Waals surface area (Å²) in [5.41, 5.74) is -2.92. The van der Waals surface area contributed by atoms with Crippen molar-refractivity contribution in [2.45, 2.75) is 50.4 Å². The SMILES string of the molecule is COC[C@@H]1CCCN1C(=O)c1cccc(C(F)(F)F)c1-n1cnc(Cn2nc(-c3ccc(Cl)cc3)n(CC(O)C(F)(F)F)c2=O)n1. The lowest BCUT2D eigenvalue weighted by molar-refractivity contribution is -0.207. The number of para-hydroxylation sites is 1. The minimum absolute atomic E-state index is 0.198. The first-order valence-corrected chi connectivity index (χ1v) is 14.2. The van der Waals surface area contributed by atoms with Crippen LogP contribution in [0.4, 0.5) is 26.3 Å². The summed E-state index contributed by atoms with van der Waals surface area (Å²) in [4.78, 5) is 32.2. The second kappa shape index (κ2) is 12.9. The topological polar surface area (TPSA) is 120 Å². The summed E-state index contributed by atoms with van der Waals surface area (Å²) in [5, 5.41) is 18.2. The lowest BCUT2D eigenvalue weighted by Gasteiger charge is -2.26. The zero-order chi connectivity index (χ0) is 33.4. The molecule has 1 fully saturated rings. The first kappa shape index (κ1) is 33.2. The molecular formula is C28H26ClF6N7O4. The Kier molecular flexibility index (Phi) is 9.28. The van der Waals surface area contributed by atoms with Crippen LogP contribution in [0.25, 0.3) is 17.1 Å². The van der Waals surface area contributed by atoms with Crippen LogP contribution in [0.1, 0.15) is 34.6 Å². The number of nitrogens with zero attached hydrogens (tertiary/aromatic N) is 7. The van der Waals surface area contributed by atoms with Crippen molar-refractivity contribution in [1.29, 1.82) is 0 Å². The van der Waals surface area contributed by atoms with Gasteiger partial charge in [0, 0.05) is 24.2 Å². The molecule has 0 saturated carbocycles. The van der Waals surface area contributed by atoms with Crippen LogP contribution >= 0.6 is 11.6 Å². The maximum Gasteiger partial charge on any atom is 0.418 e. The summed E-state index contributed by atoms with van der Waals surface area (Å²) in [7, 11) is 1.46. The predicted molar refractivity (Wildman–Crippen MR) is 150 cm³/mol. The highest BCUT2D eigenvalue weighted by atomic mass is 35.5. The third kappa shape index (κ3) is 6.80. The van der Waals surface area contributed by atoms with Crippen LogP contribution in [0, 0.1) is 0 Å². The van der Waals surface area contributed by atoms with Gasteiger partial charge in [-0.05, 0) is 49.2 Å². The number of alkyl halides is 6. The Labute approximate surface area is 261 Å². The normalized spacial score (nSPS) is 16.3. The van der Waals surface area contributed by atoms with Gasteiger partial charge in [-0.3, -0.25) is 9.36 Å². The maximum atomic E-state index is 14.2. The van der Waals surface area contributed by atoms with Gasteiger partial charge in [0.25, 0.3) is 5.91 Å². The van der Waals surface area contributed by atoms with Crippen molar-refractivity contribution in [1.82, 2.24) is 34.0 Å². The van der Waals surface area contributed by atoms with Gasteiger partial charge in [0.15, 0.2) is 17.8 Å². The molecule has 1 aliphatic rings. The number of halogens is 7. The number of likely N-dealkylation sites (tertiary alicyclic amines) is 1. The van der Waals surface area contributed by atoms with Crippen LogP contribution in [0.2, 0.25) is 5.02 Å². The Hall–Kier alpha value is -4.22. The second-order valence-corrected chi connectivity index (χ2v) is 10.9. The van der Waals surface area contributed by atoms with E-state index in [1.54, 1.807) is 0 Å². The summed E-state index contributed by atoms with van der Waals surface area (Å²) in [6.07, 6.45) is -10.7. The lowest BCUT2D eigenvalue weighted by atomic mass is 10.0. The van der Waals surface area contributed by atoms with Crippen molar-refractivity contribution in [3.63, 3.8) is 0 Å². The van der Waals surface area contributed by atoms with E-state index in [1.165, 1.54) is 42.3 Å². The van der Waals surface area contributed by atoms with Gasteiger partial charge in [-0.15, -0.1) is 10.2 Å². The Morgan fingerprint density at radius 2 is 1.83 bits per heavy atom. The molecule has 1 unspecified atom stereocenters. The molecule has 1 N–H and O–H groups in total. The first-order valence-electron chi connectivity index (χ1n) is 13.8. The summed E-state index contributed by atoms with van der Waals surface area (Å²) >= 11 is 5.91. The maximum absolute atomic E-state index is 14.2. The fourth-order valence-electron chi connectivity index (χ4n) is 5.22. The van der Waals surface area contributed by atoms with E-state index in [0.29, 0.717) is 33.7 Å². The molecule has 46 heavy (non-hydrogen) atoms. The molecular weight excluding hydrogens is 648 g/mol. The number of carbonyl (C=O) groups is 1. The largest absolute Gasteiger partial charge is 0.418 e. The highest BCUT2D eigenvalue weighted by Crippen LogP contribution is 2.36. The molecule has 1 amide bonds.